The van der Waals surface area contributed by atoms with Crippen LogP contribution in [0.25, 0.3) is 11.3 Å². The van der Waals surface area contributed by atoms with E-state index < -0.39 is 0 Å². The molecule has 1 aromatic carbocycles. The zero-order valence-corrected chi connectivity index (χ0v) is 13.7. The summed E-state index contributed by atoms with van der Waals surface area (Å²) in [5.41, 5.74) is 3.53. The van der Waals surface area contributed by atoms with E-state index in [1.54, 1.807) is 18.3 Å². The molecule has 0 saturated heterocycles. The molecule has 3 heterocycles. The normalized spacial score (nSPS) is 16.3. The van der Waals surface area contributed by atoms with Gasteiger partial charge in [-0.25, -0.2) is 4.39 Å². The molecule has 1 aliphatic rings. The Hall–Kier alpha value is -3.02. The van der Waals surface area contributed by atoms with E-state index >= 15 is 0 Å². The molecular weight excluding hydrogens is 319 g/mol. The van der Waals surface area contributed by atoms with Gasteiger partial charge in [0.25, 0.3) is 5.91 Å². The lowest BCUT2D eigenvalue weighted by atomic mass is 9.99. The van der Waals surface area contributed by atoms with Crippen LogP contribution in [0.2, 0.25) is 0 Å². The number of carbonyl (C=O) groups is 1. The van der Waals surface area contributed by atoms with Gasteiger partial charge in [-0.15, -0.1) is 0 Å². The Morgan fingerprint density at radius 3 is 2.68 bits per heavy atom. The van der Waals surface area contributed by atoms with Crippen molar-refractivity contribution >= 4 is 5.91 Å². The van der Waals surface area contributed by atoms with Crippen LogP contribution in [0, 0.1) is 5.82 Å². The summed E-state index contributed by atoms with van der Waals surface area (Å²) in [5, 5.41) is 7.21. The summed E-state index contributed by atoms with van der Waals surface area (Å²) in [7, 11) is 0. The molecule has 1 atom stereocenters. The second-order valence-electron chi connectivity index (χ2n) is 6.02. The van der Waals surface area contributed by atoms with Crippen LogP contribution in [0.15, 0.2) is 48.7 Å². The molecule has 5 nitrogen and oxygen atoms in total. The first kappa shape index (κ1) is 15.5. The van der Waals surface area contributed by atoms with Crippen molar-refractivity contribution in [1.82, 2.24) is 20.1 Å². The number of hydrogen-bond donors (Lipinski definition) is 1. The fourth-order valence-electron chi connectivity index (χ4n) is 3.34. The molecular formula is C19H17FN4O. The molecule has 0 bridgehead atoms. The minimum Gasteiger partial charge on any atom is -0.324 e. The third-order valence-electron chi connectivity index (χ3n) is 4.41. The standard InChI is InChI=1S/C19H17FN4O/c1-2-11-24-18(14-5-3-4-10-21-14)15-16(22-23-17(15)19(24)25)12-6-8-13(20)9-7-12/h3-10,18H,2,11H2,1H3,(H,22,23)/t18-/m0/s1. The first-order valence-electron chi connectivity index (χ1n) is 8.26. The fourth-order valence-corrected chi connectivity index (χ4v) is 3.34. The maximum absolute atomic E-state index is 13.3. The van der Waals surface area contributed by atoms with Crippen LogP contribution >= 0.6 is 0 Å². The van der Waals surface area contributed by atoms with Gasteiger partial charge in [-0.05, 0) is 42.8 Å². The molecule has 6 heteroatoms. The van der Waals surface area contributed by atoms with Crippen LogP contribution < -0.4 is 0 Å². The summed E-state index contributed by atoms with van der Waals surface area (Å²) in [4.78, 5) is 19.1. The maximum Gasteiger partial charge on any atom is 0.273 e. The smallest absolute Gasteiger partial charge is 0.273 e. The number of nitrogens with one attached hydrogen (secondary N) is 1. The molecule has 25 heavy (non-hydrogen) atoms. The Morgan fingerprint density at radius 1 is 1.20 bits per heavy atom. The van der Waals surface area contributed by atoms with Crippen LogP contribution in [0.1, 0.15) is 41.1 Å². The number of fused-ring (bicyclic) bond motifs is 1. The highest BCUT2D eigenvalue weighted by Gasteiger charge is 2.42. The maximum atomic E-state index is 13.3. The average Bonchev–Trinajstić information content (AvgIpc) is 3.17. The molecule has 1 N–H and O–H groups in total. The third-order valence-corrected chi connectivity index (χ3v) is 4.41. The van der Waals surface area contributed by atoms with Crippen LogP contribution in [0.4, 0.5) is 4.39 Å². The first-order valence-corrected chi connectivity index (χ1v) is 8.26. The Morgan fingerprint density at radius 2 is 2.00 bits per heavy atom. The molecule has 0 radical (unpaired) electrons. The molecule has 1 aliphatic heterocycles. The molecule has 0 unspecified atom stereocenters. The number of benzene rings is 1. The lowest BCUT2D eigenvalue weighted by Gasteiger charge is -2.25. The van der Waals surface area contributed by atoms with E-state index in [0.29, 0.717) is 17.9 Å². The number of hydrogen-bond acceptors (Lipinski definition) is 3. The van der Waals surface area contributed by atoms with Crippen LogP contribution in [-0.4, -0.2) is 32.5 Å². The molecule has 1 amide bonds. The van der Waals surface area contributed by atoms with Gasteiger partial charge in [0.05, 0.1) is 11.4 Å². The highest BCUT2D eigenvalue weighted by atomic mass is 19.1. The predicted octanol–water partition coefficient (Wildman–Crippen LogP) is 3.57. The van der Waals surface area contributed by atoms with Crippen molar-refractivity contribution in [1.29, 1.82) is 0 Å². The molecule has 4 rings (SSSR count). The molecule has 2 aromatic heterocycles. The number of H-pyrrole nitrogens is 1. The zero-order valence-electron chi connectivity index (χ0n) is 13.7. The van der Waals surface area contributed by atoms with Gasteiger partial charge < -0.3 is 4.90 Å². The van der Waals surface area contributed by atoms with Gasteiger partial charge in [0.15, 0.2) is 0 Å². The van der Waals surface area contributed by atoms with E-state index in [1.165, 1.54) is 12.1 Å². The van der Waals surface area contributed by atoms with Gasteiger partial charge in [-0.2, -0.15) is 5.10 Å². The van der Waals surface area contributed by atoms with Crippen molar-refractivity contribution in [3.05, 3.63) is 71.4 Å². The monoisotopic (exact) mass is 336 g/mol. The Kier molecular flexibility index (Phi) is 3.80. The second kappa shape index (κ2) is 6.12. The number of halogens is 1. The van der Waals surface area contributed by atoms with Gasteiger partial charge in [0.1, 0.15) is 17.6 Å². The van der Waals surface area contributed by atoms with Gasteiger partial charge in [0, 0.05) is 23.9 Å². The van der Waals surface area contributed by atoms with Crippen LogP contribution in [0.3, 0.4) is 0 Å². The number of carbonyl (C=O) groups excluding carboxylic acids is 1. The van der Waals surface area contributed by atoms with E-state index in [0.717, 1.165) is 23.2 Å². The number of aromatic nitrogens is 3. The SMILES string of the molecule is CCCN1C(=O)c2[nH]nc(-c3ccc(F)cc3)c2[C@@H]1c1ccccn1. The fraction of sp³-hybridized carbons (Fsp3) is 0.211. The van der Waals surface area contributed by atoms with Crippen LogP contribution in [-0.2, 0) is 0 Å². The number of rotatable bonds is 4. The lowest BCUT2D eigenvalue weighted by Crippen LogP contribution is -2.30. The predicted molar refractivity (Wildman–Crippen MR) is 91.4 cm³/mol. The third kappa shape index (κ3) is 2.50. The molecule has 0 spiro atoms. The summed E-state index contributed by atoms with van der Waals surface area (Å²) in [5.74, 6) is -0.380. The minimum absolute atomic E-state index is 0.0756. The highest BCUT2D eigenvalue weighted by Crippen LogP contribution is 2.42. The number of amides is 1. The molecule has 3 aromatic rings. The zero-order chi connectivity index (χ0) is 17.4. The van der Waals surface area contributed by atoms with Crippen molar-refractivity contribution in [3.63, 3.8) is 0 Å². The Labute approximate surface area is 144 Å². The van der Waals surface area contributed by atoms with Crippen molar-refractivity contribution in [2.24, 2.45) is 0 Å². The van der Waals surface area contributed by atoms with Gasteiger partial charge in [0.2, 0.25) is 0 Å². The van der Waals surface area contributed by atoms with Crippen molar-refractivity contribution in [2.45, 2.75) is 19.4 Å². The van der Waals surface area contributed by atoms with Crippen LogP contribution in [0.5, 0.6) is 0 Å². The Balaban J connectivity index is 1.88. The summed E-state index contributed by atoms with van der Waals surface area (Å²) in [6.07, 6.45) is 2.57. The summed E-state index contributed by atoms with van der Waals surface area (Å²) >= 11 is 0. The average molecular weight is 336 g/mol. The van der Waals surface area contributed by atoms with E-state index in [-0.39, 0.29) is 17.8 Å². The summed E-state index contributed by atoms with van der Waals surface area (Å²) in [6, 6.07) is 11.5. The van der Waals surface area contributed by atoms with E-state index in [2.05, 4.69) is 15.2 Å². The molecule has 0 fully saturated rings. The van der Waals surface area contributed by atoms with Gasteiger partial charge in [-0.3, -0.25) is 14.9 Å². The number of nitrogens with zero attached hydrogens (tertiary/aromatic N) is 3. The quantitative estimate of drug-likeness (QED) is 0.792. The topological polar surface area (TPSA) is 61.9 Å². The molecule has 0 saturated carbocycles. The summed E-state index contributed by atoms with van der Waals surface area (Å²) in [6.45, 7) is 2.67. The van der Waals surface area contributed by atoms with Gasteiger partial charge in [-0.1, -0.05) is 13.0 Å². The van der Waals surface area contributed by atoms with E-state index in [9.17, 15) is 9.18 Å². The molecule has 0 aliphatic carbocycles. The minimum atomic E-state index is -0.305. The second-order valence-corrected chi connectivity index (χ2v) is 6.02. The highest BCUT2D eigenvalue weighted by molar-refractivity contribution is 6.00. The number of aromatic amines is 1. The van der Waals surface area contributed by atoms with Crippen molar-refractivity contribution in [3.8, 4) is 11.3 Å². The van der Waals surface area contributed by atoms with Crippen molar-refractivity contribution < 1.29 is 9.18 Å². The number of pyridine rings is 1. The van der Waals surface area contributed by atoms with Gasteiger partial charge >= 0.3 is 0 Å². The van der Waals surface area contributed by atoms with E-state index in [4.69, 9.17) is 0 Å². The first-order chi connectivity index (χ1) is 12.2. The Bertz CT molecular complexity index is 905. The summed E-state index contributed by atoms with van der Waals surface area (Å²) < 4.78 is 13.3. The largest absolute Gasteiger partial charge is 0.324 e. The van der Waals surface area contributed by atoms with Crippen molar-refractivity contribution in [2.75, 3.05) is 6.54 Å². The molecule has 126 valence electrons. The lowest BCUT2D eigenvalue weighted by molar-refractivity contribution is 0.0741. The van der Waals surface area contributed by atoms with E-state index in [1.807, 2.05) is 30.0 Å².